The topological polar surface area (TPSA) is 85.8 Å². The van der Waals surface area contributed by atoms with E-state index in [0.29, 0.717) is 28.1 Å². The van der Waals surface area contributed by atoms with E-state index in [1.807, 2.05) is 45.3 Å². The van der Waals surface area contributed by atoms with E-state index in [9.17, 15) is 4.79 Å². The van der Waals surface area contributed by atoms with E-state index in [2.05, 4.69) is 20.6 Å². The van der Waals surface area contributed by atoms with Crippen LogP contribution < -0.4 is 5.32 Å². The van der Waals surface area contributed by atoms with Gasteiger partial charge in [-0.15, -0.1) is 11.3 Å². The molecule has 0 aliphatic rings. The van der Waals surface area contributed by atoms with Crippen LogP contribution in [0.3, 0.4) is 0 Å². The van der Waals surface area contributed by atoms with E-state index in [0.717, 1.165) is 16.1 Å². The Labute approximate surface area is 160 Å². The third-order valence-corrected chi connectivity index (χ3v) is 5.62. The zero-order chi connectivity index (χ0) is 19.1. The van der Waals surface area contributed by atoms with Crippen LogP contribution in [-0.4, -0.2) is 25.8 Å². The number of hydrogen-bond acceptors (Lipinski definition) is 6. The van der Waals surface area contributed by atoms with E-state index < -0.39 is 0 Å². The molecule has 4 rings (SSSR count). The molecule has 0 saturated heterocycles. The predicted octanol–water partition coefficient (Wildman–Crippen LogP) is 3.79. The molecule has 27 heavy (non-hydrogen) atoms. The number of hydrogen-bond donors (Lipinski definition) is 1. The van der Waals surface area contributed by atoms with Crippen LogP contribution in [-0.2, 0) is 7.05 Å². The molecule has 0 aromatic carbocycles. The second-order valence-corrected chi connectivity index (χ2v) is 7.43. The smallest absolute Gasteiger partial charge is 0.259 e. The Bertz CT molecular complexity index is 1130. The number of pyridine rings is 1. The van der Waals surface area contributed by atoms with Crippen LogP contribution in [0.25, 0.3) is 21.7 Å². The van der Waals surface area contributed by atoms with Crippen molar-refractivity contribution in [2.45, 2.75) is 26.8 Å². The summed E-state index contributed by atoms with van der Waals surface area (Å²) in [5, 5.41) is 13.9. The molecule has 4 aromatic heterocycles. The first-order valence-corrected chi connectivity index (χ1v) is 9.44. The minimum Gasteiger partial charge on any atom is -0.345 e. The lowest BCUT2D eigenvalue weighted by Crippen LogP contribution is -2.27. The van der Waals surface area contributed by atoms with Crippen LogP contribution >= 0.6 is 11.3 Å². The molecule has 0 radical (unpaired) electrons. The van der Waals surface area contributed by atoms with Gasteiger partial charge in [-0.1, -0.05) is 11.2 Å². The average molecular weight is 381 g/mol. The third-order valence-electron chi connectivity index (χ3n) is 4.72. The molecular formula is C19H19N5O2S. The molecule has 4 aromatic rings. The highest BCUT2D eigenvalue weighted by atomic mass is 32.1. The number of fused-ring (bicyclic) bond motifs is 1. The summed E-state index contributed by atoms with van der Waals surface area (Å²) >= 11 is 1.56. The van der Waals surface area contributed by atoms with E-state index in [-0.39, 0.29) is 11.9 Å². The van der Waals surface area contributed by atoms with Gasteiger partial charge in [-0.3, -0.25) is 9.48 Å². The maximum absolute atomic E-state index is 13.1. The molecule has 138 valence electrons. The van der Waals surface area contributed by atoms with Gasteiger partial charge in [0, 0.05) is 18.3 Å². The molecule has 7 nitrogen and oxygen atoms in total. The lowest BCUT2D eigenvalue weighted by atomic mass is 10.1. The second kappa shape index (κ2) is 6.62. The Morgan fingerprint density at radius 2 is 2.19 bits per heavy atom. The van der Waals surface area contributed by atoms with Crippen molar-refractivity contribution >= 4 is 28.3 Å². The fourth-order valence-corrected chi connectivity index (χ4v) is 3.80. The van der Waals surface area contributed by atoms with Gasteiger partial charge in [-0.2, -0.15) is 5.10 Å². The Kier molecular flexibility index (Phi) is 4.27. The molecule has 1 N–H and O–H groups in total. The van der Waals surface area contributed by atoms with Gasteiger partial charge in [-0.05, 0) is 38.3 Å². The van der Waals surface area contributed by atoms with Gasteiger partial charge in [0.15, 0.2) is 0 Å². The summed E-state index contributed by atoms with van der Waals surface area (Å²) in [5.41, 5.74) is 4.22. The summed E-state index contributed by atoms with van der Waals surface area (Å²) in [6.45, 7) is 5.74. The van der Waals surface area contributed by atoms with E-state index in [1.54, 1.807) is 28.3 Å². The first-order valence-electron chi connectivity index (χ1n) is 8.56. The van der Waals surface area contributed by atoms with Crippen molar-refractivity contribution in [2.24, 2.45) is 7.05 Å². The molecule has 0 aliphatic carbocycles. The van der Waals surface area contributed by atoms with Gasteiger partial charge in [0.2, 0.25) is 0 Å². The Morgan fingerprint density at radius 3 is 2.85 bits per heavy atom. The number of thiophene rings is 1. The van der Waals surface area contributed by atoms with Gasteiger partial charge >= 0.3 is 0 Å². The first-order chi connectivity index (χ1) is 13.0. The monoisotopic (exact) mass is 381 g/mol. The van der Waals surface area contributed by atoms with E-state index >= 15 is 0 Å². The SMILES string of the molecule is Cc1noc2nc(-c3cccs3)cc(C(=O)NC(C)c3cnn(C)c3C)c12. The number of rotatable bonds is 4. The number of amides is 1. The minimum absolute atomic E-state index is 0.181. The highest BCUT2D eigenvalue weighted by Gasteiger charge is 2.22. The van der Waals surface area contributed by atoms with Gasteiger partial charge in [0.1, 0.15) is 0 Å². The maximum Gasteiger partial charge on any atom is 0.259 e. The lowest BCUT2D eigenvalue weighted by Gasteiger charge is -2.14. The average Bonchev–Trinajstić information content (AvgIpc) is 3.37. The van der Waals surface area contributed by atoms with Gasteiger partial charge in [0.25, 0.3) is 11.6 Å². The van der Waals surface area contributed by atoms with E-state index in [4.69, 9.17) is 4.52 Å². The minimum atomic E-state index is -0.192. The second-order valence-electron chi connectivity index (χ2n) is 6.48. The Hall–Kier alpha value is -3.00. The molecule has 0 bridgehead atoms. The highest BCUT2D eigenvalue weighted by Crippen LogP contribution is 2.29. The van der Waals surface area contributed by atoms with Crippen molar-refractivity contribution in [3.05, 3.63) is 52.3 Å². The molecular weight excluding hydrogens is 362 g/mol. The summed E-state index contributed by atoms with van der Waals surface area (Å²) < 4.78 is 7.13. The molecule has 8 heteroatoms. The fourth-order valence-electron chi connectivity index (χ4n) is 3.12. The zero-order valence-corrected chi connectivity index (χ0v) is 16.3. The highest BCUT2D eigenvalue weighted by molar-refractivity contribution is 7.13. The molecule has 1 unspecified atom stereocenters. The number of nitrogens with zero attached hydrogens (tertiary/aromatic N) is 4. The van der Waals surface area contributed by atoms with Gasteiger partial charge < -0.3 is 9.84 Å². The predicted molar refractivity (Wildman–Crippen MR) is 104 cm³/mol. The van der Waals surface area contributed by atoms with Crippen LogP contribution in [0.4, 0.5) is 0 Å². The summed E-state index contributed by atoms with van der Waals surface area (Å²) in [5.74, 6) is -0.192. The molecule has 0 spiro atoms. The summed E-state index contributed by atoms with van der Waals surface area (Å²) in [6, 6.07) is 5.53. The normalized spacial score (nSPS) is 12.4. The molecule has 1 atom stereocenters. The van der Waals surface area contributed by atoms with Crippen molar-refractivity contribution in [3.63, 3.8) is 0 Å². The van der Waals surface area contributed by atoms with Crippen LogP contribution in [0.15, 0.2) is 34.3 Å². The largest absolute Gasteiger partial charge is 0.345 e. The van der Waals surface area contributed by atoms with Crippen molar-refractivity contribution < 1.29 is 9.32 Å². The Morgan fingerprint density at radius 1 is 1.37 bits per heavy atom. The van der Waals surface area contributed by atoms with Crippen molar-refractivity contribution in [1.82, 2.24) is 25.2 Å². The van der Waals surface area contributed by atoms with Crippen LogP contribution in [0.1, 0.15) is 40.3 Å². The fraction of sp³-hybridized carbons (Fsp3) is 0.263. The lowest BCUT2D eigenvalue weighted by molar-refractivity contribution is 0.0941. The summed E-state index contributed by atoms with van der Waals surface area (Å²) in [7, 11) is 1.88. The standard InChI is InChI=1S/C19H19N5O2S/c1-10(14-9-20-24(4)12(14)3)21-18(25)13-8-15(16-6-5-7-27-16)22-19-17(13)11(2)23-26-19/h5-10H,1-4H3,(H,21,25). The molecule has 0 saturated carbocycles. The number of carbonyl (C=O) groups excluding carboxylic acids is 1. The quantitative estimate of drug-likeness (QED) is 0.581. The maximum atomic E-state index is 13.1. The van der Waals surface area contributed by atoms with Crippen molar-refractivity contribution in [1.29, 1.82) is 0 Å². The molecule has 1 amide bonds. The van der Waals surface area contributed by atoms with Crippen LogP contribution in [0, 0.1) is 13.8 Å². The molecule has 0 aliphatic heterocycles. The van der Waals surface area contributed by atoms with Crippen LogP contribution in [0.2, 0.25) is 0 Å². The number of aromatic nitrogens is 4. The molecule has 4 heterocycles. The third kappa shape index (κ3) is 3.02. The zero-order valence-electron chi connectivity index (χ0n) is 15.5. The summed E-state index contributed by atoms with van der Waals surface area (Å²) in [6.07, 6.45) is 1.78. The van der Waals surface area contributed by atoms with E-state index in [1.165, 1.54) is 0 Å². The van der Waals surface area contributed by atoms with Crippen LogP contribution in [0.5, 0.6) is 0 Å². The summed E-state index contributed by atoms with van der Waals surface area (Å²) in [4.78, 5) is 18.6. The van der Waals surface area contributed by atoms with Crippen molar-refractivity contribution in [3.8, 4) is 10.6 Å². The first kappa shape index (κ1) is 17.4. The van der Waals surface area contributed by atoms with Gasteiger partial charge in [0.05, 0.1) is 39.5 Å². The number of nitrogens with one attached hydrogen (secondary N) is 1. The molecule has 0 fully saturated rings. The van der Waals surface area contributed by atoms with Gasteiger partial charge in [-0.25, -0.2) is 4.98 Å². The Balaban J connectivity index is 1.74. The number of aryl methyl sites for hydroxylation is 2. The van der Waals surface area contributed by atoms with Crippen molar-refractivity contribution in [2.75, 3.05) is 0 Å². The number of carbonyl (C=O) groups is 1.